The fraction of sp³-hybridized carbons (Fsp3) is 0.300. The number of pyridine rings is 2. The number of hydrogen-bond acceptors (Lipinski definition) is 8. The van der Waals surface area contributed by atoms with Gasteiger partial charge in [0.1, 0.15) is 11.7 Å². The lowest BCUT2D eigenvalue weighted by Gasteiger charge is -2.38. The Morgan fingerprint density at radius 2 is 1.97 bits per heavy atom. The molecule has 1 aromatic carbocycles. The molecule has 9 rings (SSSR count). The number of halogens is 1. The molecule has 1 unspecified atom stereocenters. The Morgan fingerprint density at radius 1 is 1.15 bits per heavy atom. The Labute approximate surface area is 229 Å². The van der Waals surface area contributed by atoms with Crippen molar-refractivity contribution in [3.8, 4) is 10.4 Å². The zero-order valence-electron chi connectivity index (χ0n) is 21.5. The van der Waals surface area contributed by atoms with Gasteiger partial charge in [0, 0.05) is 40.0 Å². The largest absolute Gasteiger partial charge is 0.360 e. The second-order valence-electron chi connectivity index (χ2n) is 11.1. The van der Waals surface area contributed by atoms with E-state index in [0.29, 0.717) is 24.6 Å². The molecule has 3 N–H and O–H groups in total. The minimum Gasteiger partial charge on any atom is -0.360 e. The van der Waals surface area contributed by atoms with Crippen LogP contribution in [0.15, 0.2) is 54.2 Å². The molecule has 7 nitrogen and oxygen atoms in total. The second-order valence-corrected chi connectivity index (χ2v) is 12.1. The third kappa shape index (κ3) is 3.30. The predicted molar refractivity (Wildman–Crippen MR) is 150 cm³/mol. The molecule has 1 aliphatic carbocycles. The number of amidine groups is 1. The molecular formula is C30H27FN6OS. The summed E-state index contributed by atoms with van der Waals surface area (Å²) in [6.07, 6.45) is 4.38. The van der Waals surface area contributed by atoms with Crippen LogP contribution in [0.4, 0.5) is 4.39 Å². The lowest BCUT2D eigenvalue weighted by Crippen LogP contribution is -2.39. The monoisotopic (exact) mass is 538 g/mol. The average molecular weight is 539 g/mol. The van der Waals surface area contributed by atoms with Gasteiger partial charge in [-0.15, -0.1) is 11.3 Å². The lowest BCUT2D eigenvalue weighted by atomic mass is 9.71. The quantitative estimate of drug-likeness (QED) is 0.344. The number of benzene rings is 1. The SMILES string of the molecule is C=C1c2c(nc(CCc3ccc(F)cc3)c(C3=NC(O)NN3)c2-c2cc3ccnc(C)c3s2)C23CC(CN12)C3. The Balaban J connectivity index is 1.38. The average Bonchev–Trinajstić information content (AvgIpc) is 3.71. The van der Waals surface area contributed by atoms with Crippen LogP contribution >= 0.6 is 11.3 Å². The second kappa shape index (κ2) is 8.17. The highest BCUT2D eigenvalue weighted by Gasteiger charge is 2.63. The molecule has 7 heterocycles. The van der Waals surface area contributed by atoms with Crippen molar-refractivity contribution in [2.45, 2.75) is 44.5 Å². The van der Waals surface area contributed by atoms with Crippen LogP contribution in [0, 0.1) is 18.7 Å². The number of aryl methyl sites for hydroxylation is 3. The third-order valence-corrected chi connectivity index (χ3v) is 10.0. The van der Waals surface area contributed by atoms with Crippen LogP contribution in [-0.4, -0.2) is 38.7 Å². The number of aliphatic hydroxyl groups excluding tert-OH is 1. The number of nitrogens with one attached hydrogen (secondary N) is 2. The van der Waals surface area contributed by atoms with Gasteiger partial charge in [0.2, 0.25) is 6.35 Å². The number of rotatable bonds is 5. The van der Waals surface area contributed by atoms with Crippen molar-refractivity contribution in [1.29, 1.82) is 0 Å². The highest BCUT2D eigenvalue weighted by Crippen LogP contribution is 2.65. The van der Waals surface area contributed by atoms with Crippen LogP contribution < -0.4 is 10.9 Å². The third-order valence-electron chi connectivity index (χ3n) is 8.77. The summed E-state index contributed by atoms with van der Waals surface area (Å²) in [4.78, 5) is 18.0. The van der Waals surface area contributed by atoms with Crippen LogP contribution in [0.3, 0.4) is 0 Å². The van der Waals surface area contributed by atoms with Gasteiger partial charge in [0.25, 0.3) is 0 Å². The summed E-state index contributed by atoms with van der Waals surface area (Å²) in [5.74, 6) is 1.02. The van der Waals surface area contributed by atoms with Gasteiger partial charge >= 0.3 is 0 Å². The molecular weight excluding hydrogens is 511 g/mol. The summed E-state index contributed by atoms with van der Waals surface area (Å²) in [7, 11) is 0. The maximum atomic E-state index is 13.6. The van der Waals surface area contributed by atoms with Crippen LogP contribution in [0.1, 0.15) is 46.6 Å². The van der Waals surface area contributed by atoms with E-state index in [9.17, 15) is 9.50 Å². The number of nitrogens with zero attached hydrogens (tertiary/aromatic N) is 4. The standard InChI is InChI=1S/C30H27FN6OS/c1-15-26-19(9-10-32-15)11-22(39-26)25-23-16(2)37-14-18-12-30(37,13-18)27(23)33-21(24(25)28-34-29(38)36-35-28)8-5-17-3-6-20(31)7-4-17/h3-4,6-7,9-11,18,29,36,38H,2,5,8,12-14H2,1H3,(H,34,35). The summed E-state index contributed by atoms with van der Waals surface area (Å²) in [6.45, 7) is 7.66. The Bertz CT molecular complexity index is 1720. The van der Waals surface area contributed by atoms with E-state index in [0.717, 1.165) is 79.4 Å². The van der Waals surface area contributed by atoms with Gasteiger partial charge in [-0.05, 0) is 73.7 Å². The normalized spacial score (nSPS) is 24.5. The molecule has 0 amide bonds. The first kappa shape index (κ1) is 23.2. The van der Waals surface area contributed by atoms with Gasteiger partial charge in [-0.25, -0.2) is 9.38 Å². The molecule has 2 saturated heterocycles. The molecule has 3 fully saturated rings. The molecule has 196 valence electrons. The van der Waals surface area contributed by atoms with E-state index in [1.165, 1.54) is 12.1 Å². The molecule has 0 radical (unpaired) electrons. The Hall–Kier alpha value is -3.66. The summed E-state index contributed by atoms with van der Waals surface area (Å²) < 4.78 is 14.7. The number of aliphatic hydroxyl groups is 1. The maximum absolute atomic E-state index is 13.6. The van der Waals surface area contributed by atoms with Crippen LogP contribution in [0.5, 0.6) is 0 Å². The minimum atomic E-state index is -1.04. The van der Waals surface area contributed by atoms with Crippen LogP contribution in [-0.2, 0) is 18.4 Å². The van der Waals surface area contributed by atoms with E-state index >= 15 is 0 Å². The predicted octanol–water partition coefficient (Wildman–Crippen LogP) is 4.63. The summed E-state index contributed by atoms with van der Waals surface area (Å²) >= 11 is 1.73. The fourth-order valence-electron chi connectivity index (χ4n) is 7.02. The van der Waals surface area contributed by atoms with Crippen molar-refractivity contribution >= 4 is 33.0 Å². The first-order valence-electron chi connectivity index (χ1n) is 13.3. The van der Waals surface area contributed by atoms with Crippen molar-refractivity contribution in [2.24, 2.45) is 10.9 Å². The molecule has 3 aromatic heterocycles. The number of aromatic nitrogens is 2. The number of hydrazine groups is 1. The van der Waals surface area contributed by atoms with E-state index in [4.69, 9.17) is 4.98 Å². The highest BCUT2D eigenvalue weighted by atomic mass is 32.1. The topological polar surface area (TPSA) is 85.7 Å². The van der Waals surface area contributed by atoms with Gasteiger partial charge in [-0.1, -0.05) is 18.7 Å². The van der Waals surface area contributed by atoms with Gasteiger partial charge in [0.05, 0.1) is 27.3 Å². The molecule has 1 spiro atoms. The molecule has 9 heteroatoms. The number of fused-ring (bicyclic) bond motifs is 2. The van der Waals surface area contributed by atoms with E-state index in [-0.39, 0.29) is 11.4 Å². The van der Waals surface area contributed by atoms with Gasteiger partial charge in [-0.2, -0.15) is 5.43 Å². The zero-order valence-corrected chi connectivity index (χ0v) is 22.3. The highest BCUT2D eigenvalue weighted by molar-refractivity contribution is 7.22. The van der Waals surface area contributed by atoms with Crippen molar-refractivity contribution < 1.29 is 9.50 Å². The lowest BCUT2D eigenvalue weighted by molar-refractivity contribution is 0.152. The molecule has 1 atom stereocenters. The zero-order chi connectivity index (χ0) is 26.5. The first-order chi connectivity index (χ1) is 18.9. The molecule has 2 bridgehead atoms. The fourth-order valence-corrected chi connectivity index (χ4v) is 8.18. The first-order valence-corrected chi connectivity index (χ1v) is 14.1. The minimum absolute atomic E-state index is 0.0776. The van der Waals surface area contributed by atoms with Crippen molar-refractivity contribution in [3.63, 3.8) is 0 Å². The summed E-state index contributed by atoms with van der Waals surface area (Å²) in [6, 6.07) is 11.0. The molecule has 5 aliphatic rings. The van der Waals surface area contributed by atoms with Gasteiger partial charge in [0.15, 0.2) is 0 Å². The van der Waals surface area contributed by atoms with Gasteiger partial charge < -0.3 is 15.4 Å². The summed E-state index contributed by atoms with van der Waals surface area (Å²) in [5.41, 5.74) is 14.0. The number of aliphatic imine (C=N–C) groups is 1. The number of hydrogen-bond donors (Lipinski definition) is 3. The van der Waals surface area contributed by atoms with E-state index in [2.05, 4.69) is 44.4 Å². The Kier molecular flexibility index (Phi) is 4.87. The Morgan fingerprint density at radius 3 is 2.72 bits per heavy atom. The molecule has 1 saturated carbocycles. The van der Waals surface area contributed by atoms with Crippen molar-refractivity contribution in [2.75, 3.05) is 6.54 Å². The van der Waals surface area contributed by atoms with Gasteiger partial charge in [-0.3, -0.25) is 9.97 Å². The molecule has 4 aliphatic heterocycles. The summed E-state index contributed by atoms with van der Waals surface area (Å²) in [5, 5.41) is 11.4. The van der Waals surface area contributed by atoms with E-state index in [1.54, 1.807) is 11.3 Å². The van der Waals surface area contributed by atoms with Crippen LogP contribution in [0.2, 0.25) is 0 Å². The van der Waals surface area contributed by atoms with E-state index < -0.39 is 6.35 Å². The molecule has 39 heavy (non-hydrogen) atoms. The van der Waals surface area contributed by atoms with Crippen LogP contribution in [0.25, 0.3) is 26.2 Å². The molecule has 4 aromatic rings. The smallest absolute Gasteiger partial charge is 0.220 e. The number of thiophene rings is 1. The van der Waals surface area contributed by atoms with E-state index in [1.807, 2.05) is 25.3 Å². The van der Waals surface area contributed by atoms with Crippen molar-refractivity contribution in [3.05, 3.63) is 88.8 Å². The maximum Gasteiger partial charge on any atom is 0.220 e. The van der Waals surface area contributed by atoms with Crippen molar-refractivity contribution in [1.82, 2.24) is 25.7 Å².